The van der Waals surface area contributed by atoms with Crippen molar-refractivity contribution in [1.82, 2.24) is 14.7 Å². The standard InChI is InChI=1S/C14H22N4S/c1-4-15-8-12-13(16-14-17(12)5-6-19-14)18-9-10(2)7-11(18)3/h5-6,10-11,15H,4,7-9H2,1-3H3. The van der Waals surface area contributed by atoms with Gasteiger partial charge in [-0.25, -0.2) is 4.98 Å². The van der Waals surface area contributed by atoms with E-state index in [1.54, 1.807) is 11.3 Å². The van der Waals surface area contributed by atoms with Gasteiger partial charge < -0.3 is 10.2 Å². The molecule has 3 heterocycles. The Hall–Kier alpha value is -1.07. The average molecular weight is 278 g/mol. The Morgan fingerprint density at radius 2 is 2.32 bits per heavy atom. The Morgan fingerprint density at radius 3 is 3.00 bits per heavy atom. The lowest BCUT2D eigenvalue weighted by Gasteiger charge is -2.22. The Balaban J connectivity index is 1.99. The molecule has 104 valence electrons. The number of hydrogen-bond acceptors (Lipinski definition) is 4. The summed E-state index contributed by atoms with van der Waals surface area (Å²) in [7, 11) is 0. The van der Waals surface area contributed by atoms with E-state index in [1.165, 1.54) is 17.9 Å². The fourth-order valence-corrected chi connectivity index (χ4v) is 3.78. The lowest BCUT2D eigenvalue weighted by Crippen LogP contribution is -2.29. The van der Waals surface area contributed by atoms with Gasteiger partial charge in [0, 0.05) is 30.7 Å². The predicted octanol–water partition coefficient (Wildman–Crippen LogP) is 2.74. The summed E-state index contributed by atoms with van der Waals surface area (Å²) in [6.45, 7) is 9.80. The molecule has 1 saturated heterocycles. The number of nitrogens with one attached hydrogen (secondary N) is 1. The van der Waals surface area contributed by atoms with E-state index in [9.17, 15) is 0 Å². The van der Waals surface area contributed by atoms with Gasteiger partial charge in [-0.2, -0.15) is 0 Å². The van der Waals surface area contributed by atoms with Crippen molar-refractivity contribution >= 4 is 22.1 Å². The van der Waals surface area contributed by atoms with Crippen LogP contribution in [0.15, 0.2) is 11.6 Å². The molecule has 1 aliphatic rings. The summed E-state index contributed by atoms with van der Waals surface area (Å²) in [5.74, 6) is 1.95. The largest absolute Gasteiger partial charge is 0.352 e. The van der Waals surface area contributed by atoms with Gasteiger partial charge in [-0.1, -0.05) is 13.8 Å². The van der Waals surface area contributed by atoms with Crippen LogP contribution in [0.1, 0.15) is 32.9 Å². The lowest BCUT2D eigenvalue weighted by molar-refractivity contribution is 0.624. The molecule has 2 aromatic rings. The zero-order chi connectivity index (χ0) is 13.4. The zero-order valence-corrected chi connectivity index (χ0v) is 12.7. The van der Waals surface area contributed by atoms with Gasteiger partial charge in [-0.15, -0.1) is 11.3 Å². The van der Waals surface area contributed by atoms with Gasteiger partial charge in [0.1, 0.15) is 0 Å². The third-order valence-electron chi connectivity index (χ3n) is 3.94. The van der Waals surface area contributed by atoms with E-state index in [0.29, 0.717) is 6.04 Å². The van der Waals surface area contributed by atoms with Gasteiger partial charge in [-0.3, -0.25) is 4.40 Å². The summed E-state index contributed by atoms with van der Waals surface area (Å²) in [5, 5.41) is 5.55. The van der Waals surface area contributed by atoms with Gasteiger partial charge in [0.15, 0.2) is 10.8 Å². The second kappa shape index (κ2) is 5.13. The van der Waals surface area contributed by atoms with Crippen LogP contribution in [0.2, 0.25) is 0 Å². The first-order valence-corrected chi connectivity index (χ1v) is 8.00. The lowest BCUT2D eigenvalue weighted by atomic mass is 10.1. The molecule has 0 saturated carbocycles. The summed E-state index contributed by atoms with van der Waals surface area (Å²) in [6, 6.07) is 0.597. The predicted molar refractivity (Wildman–Crippen MR) is 81.0 cm³/mol. The third kappa shape index (κ3) is 2.25. The monoisotopic (exact) mass is 278 g/mol. The van der Waals surface area contributed by atoms with Crippen LogP contribution in [0.4, 0.5) is 5.82 Å². The van der Waals surface area contributed by atoms with Crippen LogP contribution in [0.3, 0.4) is 0 Å². The number of fused-ring (bicyclic) bond motifs is 1. The van der Waals surface area contributed by atoms with Crippen molar-refractivity contribution < 1.29 is 0 Å². The maximum absolute atomic E-state index is 4.86. The van der Waals surface area contributed by atoms with Crippen molar-refractivity contribution in [3.8, 4) is 0 Å². The van der Waals surface area contributed by atoms with E-state index in [0.717, 1.165) is 30.5 Å². The van der Waals surface area contributed by atoms with Crippen LogP contribution in [0, 0.1) is 5.92 Å². The molecule has 5 heteroatoms. The van der Waals surface area contributed by atoms with Gasteiger partial charge in [0.25, 0.3) is 0 Å². The molecule has 0 spiro atoms. The molecule has 1 fully saturated rings. The van der Waals surface area contributed by atoms with Crippen LogP contribution in [0.25, 0.3) is 4.96 Å². The van der Waals surface area contributed by atoms with Gasteiger partial charge in [0.2, 0.25) is 0 Å². The number of rotatable bonds is 4. The van der Waals surface area contributed by atoms with Gasteiger partial charge in [-0.05, 0) is 25.8 Å². The highest BCUT2D eigenvalue weighted by Crippen LogP contribution is 2.32. The van der Waals surface area contributed by atoms with Crippen molar-refractivity contribution in [1.29, 1.82) is 0 Å². The van der Waals surface area contributed by atoms with E-state index in [1.807, 2.05) is 0 Å². The Kier molecular flexibility index (Phi) is 3.50. The van der Waals surface area contributed by atoms with Crippen LogP contribution in [0.5, 0.6) is 0 Å². The maximum Gasteiger partial charge on any atom is 0.195 e. The Morgan fingerprint density at radius 1 is 1.47 bits per heavy atom. The molecule has 0 radical (unpaired) electrons. The summed E-state index contributed by atoms with van der Waals surface area (Å²) >= 11 is 1.71. The molecule has 0 aliphatic carbocycles. The topological polar surface area (TPSA) is 32.6 Å². The molecule has 2 unspecified atom stereocenters. The quantitative estimate of drug-likeness (QED) is 0.933. The van der Waals surface area contributed by atoms with E-state index < -0.39 is 0 Å². The Bertz CT molecular complexity index is 559. The van der Waals surface area contributed by atoms with Crippen molar-refractivity contribution in [2.24, 2.45) is 5.92 Å². The number of aromatic nitrogens is 2. The molecule has 19 heavy (non-hydrogen) atoms. The van der Waals surface area contributed by atoms with Crippen molar-refractivity contribution in [3.05, 3.63) is 17.3 Å². The molecule has 2 atom stereocenters. The molecular weight excluding hydrogens is 256 g/mol. The molecule has 0 bridgehead atoms. The zero-order valence-electron chi connectivity index (χ0n) is 11.9. The highest BCUT2D eigenvalue weighted by molar-refractivity contribution is 7.15. The summed E-state index contributed by atoms with van der Waals surface area (Å²) < 4.78 is 2.23. The molecule has 1 aliphatic heterocycles. The SMILES string of the molecule is CCNCc1c(N2CC(C)CC2C)nc2sccn12. The van der Waals surface area contributed by atoms with Gasteiger partial charge >= 0.3 is 0 Å². The third-order valence-corrected chi connectivity index (χ3v) is 4.69. The molecule has 0 aromatic carbocycles. The summed E-state index contributed by atoms with van der Waals surface area (Å²) in [4.78, 5) is 8.45. The van der Waals surface area contributed by atoms with E-state index >= 15 is 0 Å². The molecule has 1 N–H and O–H groups in total. The second-order valence-corrected chi connectivity index (χ2v) is 6.43. The summed E-state index contributed by atoms with van der Waals surface area (Å²) in [6.07, 6.45) is 3.40. The normalized spacial score (nSPS) is 23.6. The maximum atomic E-state index is 4.86. The summed E-state index contributed by atoms with van der Waals surface area (Å²) in [5.41, 5.74) is 1.30. The smallest absolute Gasteiger partial charge is 0.195 e. The first-order chi connectivity index (χ1) is 9.20. The Labute approximate surface area is 118 Å². The van der Waals surface area contributed by atoms with Crippen molar-refractivity contribution in [2.45, 2.75) is 39.8 Å². The van der Waals surface area contributed by atoms with Crippen molar-refractivity contribution in [3.63, 3.8) is 0 Å². The minimum atomic E-state index is 0.597. The van der Waals surface area contributed by atoms with Crippen LogP contribution < -0.4 is 10.2 Å². The molecule has 4 nitrogen and oxygen atoms in total. The van der Waals surface area contributed by atoms with E-state index in [-0.39, 0.29) is 0 Å². The first-order valence-electron chi connectivity index (χ1n) is 7.12. The van der Waals surface area contributed by atoms with E-state index in [4.69, 9.17) is 4.98 Å². The van der Waals surface area contributed by atoms with E-state index in [2.05, 4.69) is 47.0 Å². The van der Waals surface area contributed by atoms with Crippen LogP contribution >= 0.6 is 11.3 Å². The fraction of sp³-hybridized carbons (Fsp3) is 0.643. The highest BCUT2D eigenvalue weighted by Gasteiger charge is 2.30. The second-order valence-electron chi connectivity index (χ2n) is 5.56. The van der Waals surface area contributed by atoms with Crippen LogP contribution in [-0.2, 0) is 6.54 Å². The van der Waals surface area contributed by atoms with Crippen molar-refractivity contribution in [2.75, 3.05) is 18.0 Å². The number of nitrogens with zero attached hydrogens (tertiary/aromatic N) is 3. The number of thiazole rings is 1. The van der Waals surface area contributed by atoms with Gasteiger partial charge in [0.05, 0.1) is 5.69 Å². The number of imidazole rings is 1. The molecular formula is C14H22N4S. The number of anilines is 1. The highest BCUT2D eigenvalue weighted by atomic mass is 32.1. The molecule has 0 amide bonds. The minimum Gasteiger partial charge on any atom is -0.352 e. The first kappa shape index (κ1) is 12.9. The average Bonchev–Trinajstić information content (AvgIpc) is 3.01. The fourth-order valence-electron chi connectivity index (χ4n) is 3.05. The molecule has 2 aromatic heterocycles. The number of hydrogen-bond donors (Lipinski definition) is 1. The molecule has 3 rings (SSSR count). The minimum absolute atomic E-state index is 0.597. The van der Waals surface area contributed by atoms with Crippen LogP contribution in [-0.4, -0.2) is 28.5 Å².